The van der Waals surface area contributed by atoms with Gasteiger partial charge in [0.05, 0.1) is 6.61 Å². The van der Waals surface area contributed by atoms with Gasteiger partial charge < -0.3 is 10.1 Å². The Labute approximate surface area is 126 Å². The van der Waals surface area contributed by atoms with Crippen molar-refractivity contribution in [2.75, 3.05) is 7.11 Å². The van der Waals surface area contributed by atoms with Crippen LogP contribution in [0.5, 0.6) is 0 Å². The van der Waals surface area contributed by atoms with E-state index in [4.69, 9.17) is 4.74 Å². The lowest BCUT2D eigenvalue weighted by Gasteiger charge is -2.14. The summed E-state index contributed by atoms with van der Waals surface area (Å²) in [5.74, 6) is -0.186. The molecule has 1 unspecified atom stereocenters. The van der Waals surface area contributed by atoms with Crippen LogP contribution in [0.15, 0.2) is 48.5 Å². The molecular weight excluding hydrogens is 265 g/mol. The monoisotopic (exact) mass is 287 g/mol. The van der Waals surface area contributed by atoms with Gasteiger partial charge in [0.1, 0.15) is 5.82 Å². The highest BCUT2D eigenvalue weighted by atomic mass is 19.1. The molecule has 2 nitrogen and oxygen atoms in total. The smallest absolute Gasteiger partial charge is 0.123 e. The summed E-state index contributed by atoms with van der Waals surface area (Å²) in [4.78, 5) is 0. The van der Waals surface area contributed by atoms with Crippen LogP contribution in [0.1, 0.15) is 23.6 Å². The quantitative estimate of drug-likeness (QED) is 0.838. The van der Waals surface area contributed by atoms with Gasteiger partial charge in [-0.1, -0.05) is 36.4 Å². The molecule has 112 valence electrons. The van der Waals surface area contributed by atoms with Crippen molar-refractivity contribution in [1.29, 1.82) is 0 Å². The summed E-state index contributed by atoms with van der Waals surface area (Å²) in [7, 11) is 1.70. The zero-order valence-electron chi connectivity index (χ0n) is 12.6. The molecular formula is C18H22FNO. The topological polar surface area (TPSA) is 21.3 Å². The molecule has 1 N–H and O–H groups in total. The van der Waals surface area contributed by atoms with E-state index >= 15 is 0 Å². The number of methoxy groups -OCH3 is 1. The van der Waals surface area contributed by atoms with Crippen LogP contribution < -0.4 is 5.32 Å². The summed E-state index contributed by atoms with van der Waals surface area (Å²) in [5.41, 5.74) is 3.57. The summed E-state index contributed by atoms with van der Waals surface area (Å²) in [6, 6.07) is 15.4. The second-order valence-electron chi connectivity index (χ2n) is 5.37. The number of hydrogen-bond donors (Lipinski definition) is 1. The molecule has 0 saturated heterocycles. The maximum Gasteiger partial charge on any atom is 0.123 e. The Morgan fingerprint density at radius 2 is 1.76 bits per heavy atom. The van der Waals surface area contributed by atoms with Crippen LogP contribution in [-0.2, 0) is 24.3 Å². The minimum Gasteiger partial charge on any atom is -0.380 e. The lowest BCUT2D eigenvalue weighted by Crippen LogP contribution is -2.27. The molecule has 0 aliphatic rings. The fourth-order valence-corrected chi connectivity index (χ4v) is 2.33. The largest absolute Gasteiger partial charge is 0.380 e. The van der Waals surface area contributed by atoms with Gasteiger partial charge in [-0.05, 0) is 42.2 Å². The summed E-state index contributed by atoms with van der Waals surface area (Å²) in [5, 5.41) is 3.50. The molecule has 3 heteroatoms. The molecule has 1 atom stereocenters. The van der Waals surface area contributed by atoms with Crippen molar-refractivity contribution in [1.82, 2.24) is 5.32 Å². The van der Waals surface area contributed by atoms with Crippen LogP contribution >= 0.6 is 0 Å². The van der Waals surface area contributed by atoms with Crippen molar-refractivity contribution in [2.24, 2.45) is 0 Å². The van der Waals surface area contributed by atoms with Gasteiger partial charge in [0, 0.05) is 19.7 Å². The summed E-state index contributed by atoms with van der Waals surface area (Å²) in [6.07, 6.45) is 0.887. The molecule has 0 aromatic heterocycles. The molecule has 0 amide bonds. The first-order valence-electron chi connectivity index (χ1n) is 7.22. The molecule has 0 radical (unpaired) electrons. The van der Waals surface area contributed by atoms with E-state index < -0.39 is 0 Å². The molecule has 0 spiro atoms. The molecule has 0 bridgehead atoms. The van der Waals surface area contributed by atoms with Crippen molar-refractivity contribution in [3.05, 3.63) is 71.0 Å². The SMILES string of the molecule is COCc1cccc(CNC(C)Cc2ccc(F)cc2)c1. The molecule has 0 fully saturated rings. The molecule has 2 aromatic rings. The van der Waals surface area contributed by atoms with Crippen LogP contribution in [0.3, 0.4) is 0 Å². The number of benzene rings is 2. The fraction of sp³-hybridized carbons (Fsp3) is 0.333. The molecule has 0 aliphatic carbocycles. The Hall–Kier alpha value is -1.71. The average Bonchev–Trinajstić information content (AvgIpc) is 2.48. The van der Waals surface area contributed by atoms with Gasteiger partial charge >= 0.3 is 0 Å². The van der Waals surface area contributed by atoms with Gasteiger partial charge in [0.15, 0.2) is 0 Å². The van der Waals surface area contributed by atoms with Crippen molar-refractivity contribution >= 4 is 0 Å². The molecule has 0 saturated carbocycles. The highest BCUT2D eigenvalue weighted by Crippen LogP contribution is 2.08. The molecule has 2 rings (SSSR count). The predicted octanol–water partition coefficient (Wildman–Crippen LogP) is 3.69. The van der Waals surface area contributed by atoms with Crippen LogP contribution in [-0.4, -0.2) is 13.2 Å². The maximum absolute atomic E-state index is 12.9. The van der Waals surface area contributed by atoms with Crippen molar-refractivity contribution in [3.8, 4) is 0 Å². The number of hydrogen-bond acceptors (Lipinski definition) is 2. The third kappa shape index (κ3) is 5.29. The number of halogens is 1. The number of nitrogens with one attached hydrogen (secondary N) is 1. The lowest BCUT2D eigenvalue weighted by atomic mass is 10.1. The maximum atomic E-state index is 12.9. The Morgan fingerprint density at radius 1 is 1.05 bits per heavy atom. The molecule has 2 aromatic carbocycles. The first-order chi connectivity index (χ1) is 10.2. The van der Waals surface area contributed by atoms with Crippen LogP contribution in [0, 0.1) is 5.82 Å². The first kappa shape index (κ1) is 15.7. The second-order valence-corrected chi connectivity index (χ2v) is 5.37. The Kier molecular flexibility index (Phi) is 5.90. The third-order valence-corrected chi connectivity index (χ3v) is 3.41. The van der Waals surface area contributed by atoms with E-state index in [1.54, 1.807) is 7.11 Å². The summed E-state index contributed by atoms with van der Waals surface area (Å²) >= 11 is 0. The van der Waals surface area contributed by atoms with Crippen molar-refractivity contribution in [3.63, 3.8) is 0 Å². The Morgan fingerprint density at radius 3 is 2.48 bits per heavy atom. The molecule has 21 heavy (non-hydrogen) atoms. The van der Waals surface area contributed by atoms with E-state index in [1.807, 2.05) is 12.1 Å². The van der Waals surface area contributed by atoms with E-state index in [2.05, 4.69) is 36.5 Å². The van der Waals surface area contributed by atoms with E-state index in [0.717, 1.165) is 18.5 Å². The van der Waals surface area contributed by atoms with Gasteiger partial charge in [0.25, 0.3) is 0 Å². The zero-order valence-corrected chi connectivity index (χ0v) is 12.6. The Bertz CT molecular complexity index is 553. The van der Waals surface area contributed by atoms with E-state index in [9.17, 15) is 4.39 Å². The van der Waals surface area contributed by atoms with Crippen LogP contribution in [0.2, 0.25) is 0 Å². The summed E-state index contributed by atoms with van der Waals surface area (Å²) in [6.45, 7) is 3.60. The zero-order chi connectivity index (χ0) is 15.1. The van der Waals surface area contributed by atoms with E-state index in [-0.39, 0.29) is 5.82 Å². The average molecular weight is 287 g/mol. The second kappa shape index (κ2) is 7.91. The van der Waals surface area contributed by atoms with Gasteiger partial charge in [-0.15, -0.1) is 0 Å². The Balaban J connectivity index is 1.84. The predicted molar refractivity (Wildman–Crippen MR) is 83.6 cm³/mol. The third-order valence-electron chi connectivity index (χ3n) is 3.41. The highest BCUT2D eigenvalue weighted by molar-refractivity contribution is 5.23. The van der Waals surface area contributed by atoms with Gasteiger partial charge in [-0.25, -0.2) is 4.39 Å². The van der Waals surface area contributed by atoms with Gasteiger partial charge in [-0.3, -0.25) is 0 Å². The number of ether oxygens (including phenoxy) is 1. The highest BCUT2D eigenvalue weighted by Gasteiger charge is 2.04. The minimum atomic E-state index is -0.186. The summed E-state index contributed by atoms with van der Waals surface area (Å²) < 4.78 is 18.0. The van der Waals surface area contributed by atoms with E-state index in [1.165, 1.54) is 23.3 Å². The van der Waals surface area contributed by atoms with Gasteiger partial charge in [-0.2, -0.15) is 0 Å². The van der Waals surface area contributed by atoms with E-state index in [0.29, 0.717) is 12.6 Å². The standard InChI is InChI=1S/C18H22FNO/c1-14(10-15-6-8-18(19)9-7-15)20-12-16-4-3-5-17(11-16)13-21-2/h3-9,11,14,20H,10,12-13H2,1-2H3. The normalized spacial score (nSPS) is 12.3. The van der Waals surface area contributed by atoms with Crippen molar-refractivity contribution in [2.45, 2.75) is 32.5 Å². The number of rotatable bonds is 7. The minimum absolute atomic E-state index is 0.186. The van der Waals surface area contributed by atoms with Crippen LogP contribution in [0.4, 0.5) is 4.39 Å². The lowest BCUT2D eigenvalue weighted by molar-refractivity contribution is 0.185. The molecule has 0 aliphatic heterocycles. The van der Waals surface area contributed by atoms with Crippen molar-refractivity contribution < 1.29 is 9.13 Å². The van der Waals surface area contributed by atoms with Crippen LogP contribution in [0.25, 0.3) is 0 Å². The fourth-order valence-electron chi connectivity index (χ4n) is 2.33. The molecule has 0 heterocycles. The first-order valence-corrected chi connectivity index (χ1v) is 7.22. The van der Waals surface area contributed by atoms with Gasteiger partial charge in [0.2, 0.25) is 0 Å².